The Morgan fingerprint density at radius 3 is 1.96 bits per heavy atom. The molecule has 5 nitrogen and oxygen atoms in total. The molecule has 10 rings (SSSR count). The van der Waals surface area contributed by atoms with E-state index in [9.17, 15) is 0 Å². The summed E-state index contributed by atoms with van der Waals surface area (Å²) in [5.74, 6) is 2.51. The monoisotopic (exact) mass is 696 g/mol. The number of amidine groups is 1. The molecule has 7 aromatic carbocycles. The highest BCUT2D eigenvalue weighted by Crippen LogP contribution is 2.54. The summed E-state index contributed by atoms with van der Waals surface area (Å²) in [6.45, 7) is 2.22. The zero-order valence-corrected chi connectivity index (χ0v) is 29.8. The number of anilines is 3. The van der Waals surface area contributed by atoms with Crippen LogP contribution in [0.4, 0.5) is 17.1 Å². The Hall–Kier alpha value is -6.98. The lowest BCUT2D eigenvalue weighted by Crippen LogP contribution is -2.15. The van der Waals surface area contributed by atoms with E-state index in [1.54, 1.807) is 0 Å². The van der Waals surface area contributed by atoms with Crippen LogP contribution in [0.15, 0.2) is 192 Å². The Balaban J connectivity index is 1.12. The van der Waals surface area contributed by atoms with Crippen LogP contribution in [0, 0.1) is 5.92 Å². The van der Waals surface area contributed by atoms with Crippen molar-refractivity contribution in [3.8, 4) is 17.2 Å². The van der Waals surface area contributed by atoms with Crippen molar-refractivity contribution in [3.05, 3.63) is 199 Å². The van der Waals surface area contributed by atoms with Crippen molar-refractivity contribution in [3.63, 3.8) is 0 Å². The van der Waals surface area contributed by atoms with E-state index in [0.29, 0.717) is 5.84 Å². The maximum Gasteiger partial charge on any atom is 0.161 e. The van der Waals surface area contributed by atoms with Crippen LogP contribution in [0.2, 0.25) is 0 Å². The molecule has 0 radical (unpaired) electrons. The van der Waals surface area contributed by atoms with Crippen molar-refractivity contribution in [2.45, 2.75) is 13.3 Å². The fraction of sp³-hybridized carbons (Fsp3) is 0.0612. The number of allylic oxidation sites excluding steroid dienone is 1. The van der Waals surface area contributed by atoms with Gasteiger partial charge >= 0.3 is 0 Å². The third-order valence-corrected chi connectivity index (χ3v) is 10.5. The number of aliphatic imine (C=N–C) groups is 2. The van der Waals surface area contributed by atoms with Gasteiger partial charge in [-0.05, 0) is 90.4 Å². The van der Waals surface area contributed by atoms with E-state index in [0.717, 1.165) is 90.6 Å². The molecule has 5 heteroatoms. The second kappa shape index (κ2) is 13.2. The molecule has 2 aliphatic heterocycles. The number of hydrogen-bond acceptors (Lipinski definition) is 4. The summed E-state index contributed by atoms with van der Waals surface area (Å²) in [5.41, 5.74) is 11.5. The van der Waals surface area contributed by atoms with Crippen LogP contribution >= 0.6 is 0 Å². The van der Waals surface area contributed by atoms with Gasteiger partial charge in [-0.15, -0.1) is 0 Å². The van der Waals surface area contributed by atoms with Crippen molar-refractivity contribution < 1.29 is 4.74 Å². The molecule has 0 fully saturated rings. The van der Waals surface area contributed by atoms with Crippen LogP contribution in [0.3, 0.4) is 0 Å². The van der Waals surface area contributed by atoms with E-state index in [4.69, 9.17) is 14.7 Å². The highest BCUT2D eigenvalue weighted by atomic mass is 16.5. The quantitative estimate of drug-likeness (QED) is 0.174. The van der Waals surface area contributed by atoms with E-state index >= 15 is 0 Å². The van der Waals surface area contributed by atoms with Crippen LogP contribution < -0.4 is 9.64 Å². The SMILES string of the molecule is CCC1C=C(c2ccccc2)N=C(c2ccc(-n3c4ccccc4c4c5c(ccc43)N(c3ccccc3)c3ccccc3O5)cc2)N=C1c1ccccc1. The van der Waals surface area contributed by atoms with E-state index < -0.39 is 0 Å². The molecule has 0 amide bonds. The van der Waals surface area contributed by atoms with Crippen LogP contribution in [0.5, 0.6) is 11.5 Å². The van der Waals surface area contributed by atoms with E-state index in [2.05, 4.69) is 180 Å². The number of para-hydroxylation sites is 4. The Morgan fingerprint density at radius 2 is 1.20 bits per heavy atom. The second-order valence-corrected chi connectivity index (χ2v) is 13.7. The molecule has 0 saturated heterocycles. The Bertz CT molecular complexity index is 2760. The van der Waals surface area contributed by atoms with Gasteiger partial charge in [-0.3, -0.25) is 0 Å². The average Bonchev–Trinajstić information content (AvgIpc) is 3.45. The first-order chi connectivity index (χ1) is 26.7. The summed E-state index contributed by atoms with van der Waals surface area (Å²) in [7, 11) is 0. The normalized spacial score (nSPS) is 15.1. The van der Waals surface area contributed by atoms with Crippen LogP contribution in [0.25, 0.3) is 33.2 Å². The highest BCUT2D eigenvalue weighted by Gasteiger charge is 2.29. The summed E-state index contributed by atoms with van der Waals surface area (Å²) in [6, 6.07) is 61.4. The first-order valence-corrected chi connectivity index (χ1v) is 18.5. The minimum atomic E-state index is 0.124. The number of nitrogens with zero attached hydrogens (tertiary/aromatic N) is 4. The maximum absolute atomic E-state index is 6.83. The minimum absolute atomic E-state index is 0.124. The molecule has 1 unspecified atom stereocenters. The fourth-order valence-electron chi connectivity index (χ4n) is 7.90. The van der Waals surface area contributed by atoms with Crippen molar-refractivity contribution in [2.24, 2.45) is 15.9 Å². The lowest BCUT2D eigenvalue weighted by Gasteiger charge is -2.33. The van der Waals surface area contributed by atoms with Gasteiger partial charge in [-0.1, -0.05) is 116 Å². The number of rotatable bonds is 6. The van der Waals surface area contributed by atoms with Crippen molar-refractivity contribution >= 4 is 56.1 Å². The third kappa shape index (κ3) is 5.32. The molecule has 3 heterocycles. The van der Waals surface area contributed by atoms with Crippen molar-refractivity contribution in [1.29, 1.82) is 0 Å². The molecule has 0 spiro atoms. The molecular formula is C49H36N4O. The number of aromatic nitrogens is 1. The predicted molar refractivity (Wildman–Crippen MR) is 223 cm³/mol. The zero-order chi connectivity index (χ0) is 36.0. The van der Waals surface area contributed by atoms with Crippen molar-refractivity contribution in [1.82, 2.24) is 4.57 Å². The van der Waals surface area contributed by atoms with E-state index in [1.165, 1.54) is 0 Å². The topological polar surface area (TPSA) is 42.1 Å². The summed E-state index contributed by atoms with van der Waals surface area (Å²) >= 11 is 0. The molecular weight excluding hydrogens is 661 g/mol. The van der Waals surface area contributed by atoms with Crippen LogP contribution in [0.1, 0.15) is 30.0 Å². The predicted octanol–water partition coefficient (Wildman–Crippen LogP) is 12.7. The fourth-order valence-corrected chi connectivity index (χ4v) is 7.90. The largest absolute Gasteiger partial charge is 0.452 e. The maximum atomic E-state index is 6.83. The summed E-state index contributed by atoms with van der Waals surface area (Å²) in [6.07, 6.45) is 3.20. The van der Waals surface area contributed by atoms with Crippen LogP contribution in [-0.4, -0.2) is 16.1 Å². The Kier molecular flexibility index (Phi) is 7.76. The molecule has 8 aromatic rings. The molecule has 0 bridgehead atoms. The number of benzene rings is 7. The van der Waals surface area contributed by atoms with Gasteiger partial charge in [0.05, 0.1) is 39.2 Å². The zero-order valence-electron chi connectivity index (χ0n) is 29.8. The molecule has 1 aromatic heterocycles. The number of ether oxygens (including phenoxy) is 1. The summed E-state index contributed by atoms with van der Waals surface area (Å²) in [4.78, 5) is 12.9. The molecule has 1 atom stereocenters. The van der Waals surface area contributed by atoms with E-state index in [1.807, 2.05) is 18.2 Å². The summed E-state index contributed by atoms with van der Waals surface area (Å²) < 4.78 is 9.16. The molecule has 0 saturated carbocycles. The first kappa shape index (κ1) is 31.7. The van der Waals surface area contributed by atoms with E-state index in [-0.39, 0.29) is 5.92 Å². The van der Waals surface area contributed by atoms with Gasteiger partial charge in [-0.2, -0.15) is 0 Å². The van der Waals surface area contributed by atoms with Gasteiger partial charge in [0.25, 0.3) is 0 Å². The van der Waals surface area contributed by atoms with Gasteiger partial charge < -0.3 is 14.2 Å². The molecule has 0 aliphatic carbocycles. The second-order valence-electron chi connectivity index (χ2n) is 13.7. The highest BCUT2D eigenvalue weighted by molar-refractivity contribution is 6.17. The lowest BCUT2D eigenvalue weighted by atomic mass is 9.92. The minimum Gasteiger partial charge on any atom is -0.452 e. The molecule has 0 N–H and O–H groups in total. The first-order valence-electron chi connectivity index (χ1n) is 18.5. The lowest BCUT2D eigenvalue weighted by molar-refractivity contribution is 0.483. The van der Waals surface area contributed by atoms with Gasteiger partial charge in [0.2, 0.25) is 0 Å². The standard InChI is InChI=1S/C49H36N4O/c1-2-33-32-40(34-16-6-3-7-17-34)50-49(51-47(33)35-18-8-4-9-19-35)36-26-28-38(29-27-36)52-41-23-13-12-22-39(41)46-43(52)30-31-44-48(46)54-45-25-15-14-24-42(45)53(44)37-20-10-5-11-21-37/h3-33H,2H2,1H3. The van der Waals surface area contributed by atoms with Gasteiger partial charge in [0.15, 0.2) is 17.3 Å². The molecule has 2 aliphatic rings. The Labute approximate surface area is 314 Å². The summed E-state index contributed by atoms with van der Waals surface area (Å²) in [5, 5.41) is 2.21. The van der Waals surface area contributed by atoms with Crippen LogP contribution in [-0.2, 0) is 0 Å². The number of fused-ring (bicyclic) bond motifs is 6. The number of hydrogen-bond donors (Lipinski definition) is 0. The molecule has 54 heavy (non-hydrogen) atoms. The third-order valence-electron chi connectivity index (χ3n) is 10.5. The smallest absolute Gasteiger partial charge is 0.161 e. The van der Waals surface area contributed by atoms with Gasteiger partial charge in [-0.25, -0.2) is 9.98 Å². The molecule has 258 valence electrons. The van der Waals surface area contributed by atoms with Crippen molar-refractivity contribution in [2.75, 3.05) is 4.90 Å². The Morgan fingerprint density at radius 1 is 0.537 bits per heavy atom. The average molecular weight is 697 g/mol. The van der Waals surface area contributed by atoms with Gasteiger partial charge in [0.1, 0.15) is 0 Å². The van der Waals surface area contributed by atoms with Gasteiger partial charge in [0, 0.05) is 28.2 Å².